The van der Waals surface area contributed by atoms with Gasteiger partial charge < -0.3 is 0 Å². The minimum absolute atomic E-state index is 0.0239. The van der Waals surface area contributed by atoms with Crippen LogP contribution in [0.25, 0.3) is 10.1 Å². The van der Waals surface area contributed by atoms with Crippen molar-refractivity contribution in [1.82, 2.24) is 4.98 Å². The summed E-state index contributed by atoms with van der Waals surface area (Å²) in [5.74, 6) is 0. The molecule has 0 aliphatic carbocycles. The lowest BCUT2D eigenvalue weighted by molar-refractivity contribution is 0.892. The van der Waals surface area contributed by atoms with Gasteiger partial charge in [0, 0.05) is 22.7 Å². The number of thiophene rings is 1. The number of hydrogen-bond acceptors (Lipinski definition) is 2. The molecule has 1 unspecified atom stereocenters. The van der Waals surface area contributed by atoms with Crippen molar-refractivity contribution in [2.24, 2.45) is 0 Å². The number of pyridine rings is 1. The van der Waals surface area contributed by atoms with Crippen LogP contribution in [0.1, 0.15) is 16.6 Å². The summed E-state index contributed by atoms with van der Waals surface area (Å²) in [5.41, 5.74) is 2.23. The average molecular weight is 274 g/mol. The number of nitrogens with zero attached hydrogens (tertiary/aromatic N) is 1. The van der Waals surface area contributed by atoms with E-state index in [0.29, 0.717) is 0 Å². The molecule has 0 saturated carbocycles. The zero-order chi connectivity index (χ0) is 12.4. The Morgan fingerprint density at radius 2 is 1.94 bits per heavy atom. The van der Waals surface area contributed by atoms with E-state index in [4.69, 9.17) is 11.6 Å². The molecule has 2 heterocycles. The molecule has 1 nitrogen and oxygen atoms in total. The van der Waals surface area contributed by atoms with Crippen molar-refractivity contribution in [2.45, 2.75) is 11.8 Å². The van der Waals surface area contributed by atoms with E-state index < -0.39 is 0 Å². The number of rotatable bonds is 3. The number of fused-ring (bicyclic) bond motifs is 1. The van der Waals surface area contributed by atoms with Gasteiger partial charge in [-0.3, -0.25) is 4.98 Å². The molecule has 0 saturated heterocycles. The van der Waals surface area contributed by atoms with Crippen LogP contribution in [0.4, 0.5) is 0 Å². The summed E-state index contributed by atoms with van der Waals surface area (Å²) in [6.45, 7) is 0. The third kappa shape index (κ3) is 2.26. The van der Waals surface area contributed by atoms with E-state index in [-0.39, 0.29) is 5.38 Å². The lowest BCUT2D eigenvalue weighted by atomic mass is 10.1. The van der Waals surface area contributed by atoms with E-state index in [1.54, 1.807) is 11.3 Å². The van der Waals surface area contributed by atoms with Gasteiger partial charge in [-0.05, 0) is 23.1 Å². The van der Waals surface area contributed by atoms with Crippen LogP contribution in [0.15, 0.2) is 54.0 Å². The van der Waals surface area contributed by atoms with E-state index in [0.717, 1.165) is 17.7 Å². The van der Waals surface area contributed by atoms with Crippen LogP contribution in [0, 0.1) is 0 Å². The lowest BCUT2D eigenvalue weighted by Gasteiger charge is -2.09. The molecular formula is C15H12ClNS. The van der Waals surface area contributed by atoms with Gasteiger partial charge in [-0.15, -0.1) is 22.9 Å². The average Bonchev–Trinajstić information content (AvgIpc) is 2.89. The van der Waals surface area contributed by atoms with Crippen molar-refractivity contribution >= 4 is 33.0 Å². The van der Waals surface area contributed by atoms with Gasteiger partial charge in [0.1, 0.15) is 0 Å². The molecule has 90 valence electrons. The Morgan fingerprint density at radius 1 is 1.11 bits per heavy atom. The first kappa shape index (κ1) is 11.7. The summed E-state index contributed by atoms with van der Waals surface area (Å²) >= 11 is 8.21. The molecule has 0 radical (unpaired) electrons. The second kappa shape index (κ2) is 5.09. The first-order valence-electron chi connectivity index (χ1n) is 5.85. The first-order valence-corrected chi connectivity index (χ1v) is 7.16. The Balaban J connectivity index is 1.91. The van der Waals surface area contributed by atoms with E-state index in [1.807, 2.05) is 24.4 Å². The molecule has 0 fully saturated rings. The third-order valence-corrected chi connectivity index (χ3v) is 4.28. The Hall–Kier alpha value is -1.38. The minimum atomic E-state index is -0.0239. The fourth-order valence-corrected chi connectivity index (χ4v) is 3.16. The molecule has 0 bridgehead atoms. The van der Waals surface area contributed by atoms with Crippen LogP contribution in [0.5, 0.6) is 0 Å². The van der Waals surface area contributed by atoms with Crippen LogP contribution < -0.4 is 0 Å². The van der Waals surface area contributed by atoms with Gasteiger partial charge >= 0.3 is 0 Å². The normalized spacial score (nSPS) is 12.7. The number of alkyl halides is 1. The topological polar surface area (TPSA) is 12.9 Å². The summed E-state index contributed by atoms with van der Waals surface area (Å²) in [6, 6.07) is 14.3. The highest BCUT2D eigenvalue weighted by Gasteiger charge is 2.12. The molecule has 2 aromatic heterocycles. The van der Waals surface area contributed by atoms with E-state index in [9.17, 15) is 0 Å². The molecular weight excluding hydrogens is 262 g/mol. The van der Waals surface area contributed by atoms with Crippen molar-refractivity contribution in [3.63, 3.8) is 0 Å². The summed E-state index contributed by atoms with van der Waals surface area (Å²) in [5, 5.41) is 3.30. The molecule has 0 amide bonds. The zero-order valence-corrected chi connectivity index (χ0v) is 11.3. The molecule has 0 N–H and O–H groups in total. The molecule has 0 spiro atoms. The van der Waals surface area contributed by atoms with Crippen molar-refractivity contribution in [2.75, 3.05) is 0 Å². The van der Waals surface area contributed by atoms with Gasteiger partial charge in [-0.2, -0.15) is 0 Å². The minimum Gasteiger partial charge on any atom is -0.261 e. The molecule has 0 aliphatic rings. The molecule has 18 heavy (non-hydrogen) atoms. The molecule has 0 aliphatic heterocycles. The number of halogens is 1. The Labute approximate surface area is 115 Å². The van der Waals surface area contributed by atoms with Crippen LogP contribution in [0.3, 0.4) is 0 Å². The predicted molar refractivity (Wildman–Crippen MR) is 78.4 cm³/mol. The van der Waals surface area contributed by atoms with E-state index >= 15 is 0 Å². The molecule has 3 rings (SSSR count). The summed E-state index contributed by atoms with van der Waals surface area (Å²) in [7, 11) is 0. The van der Waals surface area contributed by atoms with Crippen LogP contribution >= 0.6 is 22.9 Å². The van der Waals surface area contributed by atoms with Crippen molar-refractivity contribution in [3.8, 4) is 0 Å². The second-order valence-corrected chi connectivity index (χ2v) is 5.65. The van der Waals surface area contributed by atoms with Gasteiger partial charge in [-0.25, -0.2) is 0 Å². The quantitative estimate of drug-likeness (QED) is 0.624. The van der Waals surface area contributed by atoms with Crippen LogP contribution in [-0.2, 0) is 6.42 Å². The van der Waals surface area contributed by atoms with E-state index in [1.165, 1.54) is 10.1 Å². The molecule has 3 aromatic rings. The van der Waals surface area contributed by atoms with Crippen molar-refractivity contribution < 1.29 is 0 Å². The molecule has 3 heteroatoms. The SMILES string of the molecule is ClC(Cc1nccc2sccc12)c1ccccc1. The summed E-state index contributed by atoms with van der Waals surface area (Å²) < 4.78 is 1.27. The highest BCUT2D eigenvalue weighted by molar-refractivity contribution is 7.17. The fourth-order valence-electron chi connectivity index (χ4n) is 2.07. The van der Waals surface area contributed by atoms with E-state index in [2.05, 4.69) is 34.6 Å². The largest absolute Gasteiger partial charge is 0.261 e. The predicted octanol–water partition coefficient (Wildman–Crippen LogP) is 4.82. The van der Waals surface area contributed by atoms with Gasteiger partial charge in [0.2, 0.25) is 0 Å². The Morgan fingerprint density at radius 3 is 2.78 bits per heavy atom. The number of benzene rings is 1. The fraction of sp³-hybridized carbons (Fsp3) is 0.133. The van der Waals surface area contributed by atoms with Crippen LogP contribution in [-0.4, -0.2) is 4.98 Å². The molecule has 1 aromatic carbocycles. The van der Waals surface area contributed by atoms with Crippen LogP contribution in [0.2, 0.25) is 0 Å². The monoisotopic (exact) mass is 273 g/mol. The first-order chi connectivity index (χ1) is 8.84. The second-order valence-electron chi connectivity index (χ2n) is 4.17. The smallest absolute Gasteiger partial charge is 0.0640 e. The lowest BCUT2D eigenvalue weighted by Crippen LogP contribution is -1.98. The Kier molecular flexibility index (Phi) is 3.31. The van der Waals surface area contributed by atoms with Crippen molar-refractivity contribution in [1.29, 1.82) is 0 Å². The Bertz CT molecular complexity index is 648. The highest BCUT2D eigenvalue weighted by Crippen LogP contribution is 2.29. The van der Waals surface area contributed by atoms with Gasteiger partial charge in [-0.1, -0.05) is 30.3 Å². The third-order valence-electron chi connectivity index (χ3n) is 3.00. The zero-order valence-electron chi connectivity index (χ0n) is 9.71. The standard InChI is InChI=1S/C15H12ClNS/c16-13(11-4-2-1-3-5-11)10-14-12-7-9-18-15(12)6-8-17-14/h1-9,13H,10H2. The maximum atomic E-state index is 6.47. The number of aromatic nitrogens is 1. The maximum Gasteiger partial charge on any atom is 0.0640 e. The number of hydrogen-bond donors (Lipinski definition) is 0. The van der Waals surface area contributed by atoms with Gasteiger partial charge in [0.15, 0.2) is 0 Å². The van der Waals surface area contributed by atoms with Gasteiger partial charge in [0.25, 0.3) is 0 Å². The summed E-state index contributed by atoms with van der Waals surface area (Å²) in [4.78, 5) is 4.47. The molecule has 1 atom stereocenters. The van der Waals surface area contributed by atoms with Crippen molar-refractivity contribution in [3.05, 3.63) is 65.3 Å². The summed E-state index contributed by atoms with van der Waals surface area (Å²) in [6.07, 6.45) is 2.63. The van der Waals surface area contributed by atoms with Gasteiger partial charge in [0.05, 0.1) is 11.1 Å². The maximum absolute atomic E-state index is 6.47. The highest BCUT2D eigenvalue weighted by atomic mass is 35.5.